The third-order valence-electron chi connectivity index (χ3n) is 5.27. The van der Waals surface area contributed by atoms with Crippen molar-refractivity contribution in [1.29, 1.82) is 5.26 Å². The number of amides is 2. The van der Waals surface area contributed by atoms with E-state index in [1.54, 1.807) is 14.0 Å². The Labute approximate surface area is 178 Å². The van der Waals surface area contributed by atoms with Crippen LogP contribution in [0, 0.1) is 11.3 Å². The highest BCUT2D eigenvalue weighted by atomic mass is 35.5. The minimum absolute atomic E-state index is 0.0483. The van der Waals surface area contributed by atoms with Crippen molar-refractivity contribution in [2.24, 2.45) is 0 Å². The van der Waals surface area contributed by atoms with Gasteiger partial charge in [0.2, 0.25) is 11.8 Å². The predicted octanol–water partition coefficient (Wildman–Crippen LogP) is 3.96. The molecule has 1 fully saturated rings. The number of carbonyl (C=O) groups excluding carboxylic acids is 2. The van der Waals surface area contributed by atoms with Crippen molar-refractivity contribution in [1.82, 2.24) is 10.2 Å². The molecular weight excluding hydrogens is 421 g/mol. The van der Waals surface area contributed by atoms with Crippen molar-refractivity contribution in [2.75, 3.05) is 18.9 Å². The van der Waals surface area contributed by atoms with E-state index in [-0.39, 0.29) is 18.1 Å². The molecule has 1 aliphatic rings. The van der Waals surface area contributed by atoms with Gasteiger partial charge in [0.15, 0.2) is 0 Å². The molecule has 0 aromatic heterocycles. The second kappa shape index (κ2) is 9.67. The molecule has 0 radical (unpaired) electrons. The van der Waals surface area contributed by atoms with Crippen molar-refractivity contribution < 1.29 is 22.8 Å². The van der Waals surface area contributed by atoms with Crippen LogP contribution in [0.4, 0.5) is 18.9 Å². The van der Waals surface area contributed by atoms with Gasteiger partial charge in [-0.1, -0.05) is 30.9 Å². The average Bonchev–Trinajstić information content (AvgIpc) is 2.68. The zero-order chi connectivity index (χ0) is 22.5. The van der Waals surface area contributed by atoms with E-state index in [2.05, 4.69) is 16.7 Å². The molecule has 2 amide bonds. The Hall–Kier alpha value is -2.31. The zero-order valence-corrected chi connectivity index (χ0v) is 17.5. The van der Waals surface area contributed by atoms with Crippen LogP contribution < -0.4 is 10.6 Å². The summed E-state index contributed by atoms with van der Waals surface area (Å²) in [5.41, 5.74) is -1.98. The number of anilines is 1. The van der Waals surface area contributed by atoms with E-state index in [1.165, 1.54) is 11.0 Å². The monoisotopic (exact) mass is 444 g/mol. The Kier molecular flexibility index (Phi) is 7.72. The number of halogens is 4. The van der Waals surface area contributed by atoms with Crippen molar-refractivity contribution >= 4 is 29.1 Å². The second-order valence-electron chi connectivity index (χ2n) is 7.58. The van der Waals surface area contributed by atoms with E-state index < -0.39 is 34.3 Å². The first-order chi connectivity index (χ1) is 14.0. The molecule has 0 saturated heterocycles. The molecule has 2 N–H and O–H groups in total. The molecule has 0 bridgehead atoms. The molecule has 0 aliphatic heterocycles. The maximum atomic E-state index is 13.0. The number of nitrogens with zero attached hydrogens (tertiary/aromatic N) is 2. The Bertz CT molecular complexity index is 832. The van der Waals surface area contributed by atoms with Crippen molar-refractivity contribution in [3.05, 3.63) is 28.8 Å². The summed E-state index contributed by atoms with van der Waals surface area (Å²) in [5.74, 6) is -0.958. The van der Waals surface area contributed by atoms with Gasteiger partial charge in [0.1, 0.15) is 5.54 Å². The SMILES string of the molecule is CC(C(=O)NC1(C#N)CCCCC1)N(C)CC(=O)Nc1ccc(Cl)c(C(F)(F)F)c1. The zero-order valence-electron chi connectivity index (χ0n) is 16.8. The lowest BCUT2D eigenvalue weighted by molar-refractivity contribution is -0.137. The lowest BCUT2D eigenvalue weighted by Crippen LogP contribution is -2.55. The molecule has 1 saturated carbocycles. The van der Waals surface area contributed by atoms with Crippen molar-refractivity contribution in [2.45, 2.75) is 56.8 Å². The molecule has 1 aromatic rings. The van der Waals surface area contributed by atoms with Gasteiger partial charge in [-0.25, -0.2) is 0 Å². The van der Waals surface area contributed by atoms with Crippen molar-refractivity contribution in [3.8, 4) is 6.07 Å². The van der Waals surface area contributed by atoms with E-state index in [0.717, 1.165) is 31.4 Å². The van der Waals surface area contributed by atoms with Crippen LogP contribution in [0.5, 0.6) is 0 Å². The lowest BCUT2D eigenvalue weighted by Gasteiger charge is -2.34. The van der Waals surface area contributed by atoms with E-state index >= 15 is 0 Å². The first-order valence-corrected chi connectivity index (χ1v) is 9.95. The van der Waals surface area contributed by atoms with Crippen LogP contribution in [0.2, 0.25) is 5.02 Å². The Morgan fingerprint density at radius 3 is 2.50 bits per heavy atom. The molecule has 0 spiro atoms. The van der Waals surface area contributed by atoms with Crippen molar-refractivity contribution in [3.63, 3.8) is 0 Å². The number of likely N-dealkylation sites (N-methyl/N-ethyl adjacent to an activating group) is 1. The van der Waals surface area contributed by atoms with Gasteiger partial charge in [-0.2, -0.15) is 18.4 Å². The number of carbonyl (C=O) groups is 2. The van der Waals surface area contributed by atoms with Gasteiger partial charge in [-0.05, 0) is 45.0 Å². The molecule has 6 nitrogen and oxygen atoms in total. The largest absolute Gasteiger partial charge is 0.417 e. The number of hydrogen-bond donors (Lipinski definition) is 2. The highest BCUT2D eigenvalue weighted by Gasteiger charge is 2.36. The summed E-state index contributed by atoms with van der Waals surface area (Å²) >= 11 is 5.57. The van der Waals surface area contributed by atoms with E-state index in [1.807, 2.05) is 0 Å². The van der Waals surface area contributed by atoms with Crippen LogP contribution in [-0.2, 0) is 15.8 Å². The smallest absolute Gasteiger partial charge is 0.336 e. The Balaban J connectivity index is 1.96. The minimum Gasteiger partial charge on any atom is -0.336 e. The fourth-order valence-electron chi connectivity index (χ4n) is 3.34. The molecule has 0 heterocycles. The van der Waals surface area contributed by atoms with E-state index in [0.29, 0.717) is 12.8 Å². The fraction of sp³-hybridized carbons (Fsp3) is 0.550. The van der Waals surface area contributed by atoms with Gasteiger partial charge in [-0.15, -0.1) is 0 Å². The quantitative estimate of drug-likeness (QED) is 0.695. The molecule has 1 aliphatic carbocycles. The van der Waals surface area contributed by atoms with Crippen LogP contribution in [0.1, 0.15) is 44.6 Å². The van der Waals surface area contributed by atoms with Crippen LogP contribution in [0.3, 0.4) is 0 Å². The molecule has 1 unspecified atom stereocenters. The third-order valence-corrected chi connectivity index (χ3v) is 5.60. The van der Waals surface area contributed by atoms with Gasteiger partial charge >= 0.3 is 6.18 Å². The number of rotatable bonds is 6. The Morgan fingerprint density at radius 1 is 1.30 bits per heavy atom. The molecule has 1 aromatic carbocycles. The summed E-state index contributed by atoms with van der Waals surface area (Å²) in [6.07, 6.45) is -0.718. The maximum absolute atomic E-state index is 13.0. The lowest BCUT2D eigenvalue weighted by atomic mass is 9.82. The predicted molar refractivity (Wildman–Crippen MR) is 107 cm³/mol. The summed E-state index contributed by atoms with van der Waals surface area (Å²) < 4.78 is 38.9. The normalized spacial score (nSPS) is 17.1. The van der Waals surface area contributed by atoms with E-state index in [4.69, 9.17) is 11.6 Å². The highest BCUT2D eigenvalue weighted by Crippen LogP contribution is 2.36. The molecule has 10 heteroatoms. The topological polar surface area (TPSA) is 85.2 Å². The first kappa shape index (κ1) is 24.0. The van der Waals surface area contributed by atoms with Crippen LogP contribution in [-0.4, -0.2) is 41.9 Å². The standard InChI is InChI=1S/C20H24ClF3N4O2/c1-13(18(30)27-19(12-25)8-4-3-5-9-19)28(2)11-17(29)26-14-6-7-16(21)15(10-14)20(22,23)24/h6-7,10,13H,3-5,8-9,11H2,1-2H3,(H,26,29)(H,27,30). The molecule has 2 rings (SSSR count). The second-order valence-corrected chi connectivity index (χ2v) is 7.98. The first-order valence-electron chi connectivity index (χ1n) is 9.57. The number of nitriles is 1. The Morgan fingerprint density at radius 2 is 1.93 bits per heavy atom. The van der Waals surface area contributed by atoms with Gasteiger partial charge in [-0.3, -0.25) is 14.5 Å². The summed E-state index contributed by atoms with van der Waals surface area (Å²) in [5, 5.41) is 14.2. The number of benzene rings is 1. The van der Waals surface area contributed by atoms with Gasteiger partial charge in [0.05, 0.1) is 29.2 Å². The summed E-state index contributed by atoms with van der Waals surface area (Å²) in [6.45, 7) is 1.37. The van der Waals surface area contributed by atoms with Gasteiger partial charge < -0.3 is 10.6 Å². The summed E-state index contributed by atoms with van der Waals surface area (Å²) in [7, 11) is 1.55. The van der Waals surface area contributed by atoms with Crippen LogP contribution >= 0.6 is 11.6 Å². The summed E-state index contributed by atoms with van der Waals surface area (Å²) in [4.78, 5) is 26.3. The highest BCUT2D eigenvalue weighted by molar-refractivity contribution is 6.31. The van der Waals surface area contributed by atoms with Crippen LogP contribution in [0.25, 0.3) is 0 Å². The van der Waals surface area contributed by atoms with Gasteiger partial charge in [0, 0.05) is 5.69 Å². The van der Waals surface area contributed by atoms with E-state index in [9.17, 15) is 28.0 Å². The number of hydrogen-bond acceptors (Lipinski definition) is 4. The van der Waals surface area contributed by atoms with Crippen LogP contribution in [0.15, 0.2) is 18.2 Å². The maximum Gasteiger partial charge on any atom is 0.417 e. The number of nitrogens with one attached hydrogen (secondary N) is 2. The third kappa shape index (κ3) is 6.09. The minimum atomic E-state index is -4.64. The molecular formula is C20H24ClF3N4O2. The fourth-order valence-corrected chi connectivity index (χ4v) is 3.57. The van der Waals surface area contributed by atoms with Gasteiger partial charge in [0.25, 0.3) is 0 Å². The molecule has 30 heavy (non-hydrogen) atoms. The molecule has 164 valence electrons. The summed E-state index contributed by atoms with van der Waals surface area (Å²) in [6, 6.07) is 4.59. The molecule has 1 atom stereocenters. The average molecular weight is 445 g/mol. The number of alkyl halides is 3.